The number of nitrogens with one attached hydrogen (secondary N) is 1. The molecule has 0 aliphatic rings. The number of carbonyl (C=O) groups excluding carboxylic acids is 1. The number of nitrogens with zero attached hydrogens (tertiary/aromatic N) is 1. The van der Waals surface area contributed by atoms with Crippen molar-refractivity contribution in [1.29, 1.82) is 0 Å². The number of imidazole rings is 1. The molecule has 0 spiro atoms. The predicted molar refractivity (Wildman–Crippen MR) is 49.0 cm³/mol. The molecule has 1 unspecified atom stereocenters. The van der Waals surface area contributed by atoms with Crippen molar-refractivity contribution in [2.24, 2.45) is 11.5 Å². The summed E-state index contributed by atoms with van der Waals surface area (Å²) in [5.41, 5.74) is 11.7. The Balaban J connectivity index is 2.80. The first-order valence-electron chi connectivity index (χ1n) is 4.14. The first-order valence-corrected chi connectivity index (χ1v) is 4.14. The second kappa shape index (κ2) is 4.15. The number of ketones is 1. The lowest BCUT2D eigenvalue weighted by molar-refractivity contribution is -0.121. The van der Waals surface area contributed by atoms with Gasteiger partial charge < -0.3 is 16.5 Å². The first-order chi connectivity index (χ1) is 6.16. The van der Waals surface area contributed by atoms with Crippen LogP contribution in [0.15, 0.2) is 12.5 Å². The highest BCUT2D eigenvalue weighted by molar-refractivity contribution is 5.89. The summed E-state index contributed by atoms with van der Waals surface area (Å²) in [5, 5.41) is 0. The molecular formula is C8H14N4O. The number of hydrogen-bond acceptors (Lipinski definition) is 4. The van der Waals surface area contributed by atoms with Crippen LogP contribution in [-0.2, 0) is 4.79 Å². The number of aromatic amines is 1. The van der Waals surface area contributed by atoms with E-state index in [1.807, 2.05) is 0 Å². The highest BCUT2D eigenvalue weighted by atomic mass is 16.1. The molecule has 0 aliphatic heterocycles. The molecule has 1 aromatic heterocycles. The molecule has 5 N–H and O–H groups in total. The zero-order valence-electron chi connectivity index (χ0n) is 7.53. The third-order valence-electron chi connectivity index (χ3n) is 1.92. The zero-order chi connectivity index (χ0) is 9.84. The lowest BCUT2D eigenvalue weighted by Crippen LogP contribution is -2.35. The fraction of sp³-hybridized carbons (Fsp3) is 0.500. The smallest absolute Gasteiger partial charge is 0.159 e. The van der Waals surface area contributed by atoms with Crippen molar-refractivity contribution < 1.29 is 4.79 Å². The molecule has 13 heavy (non-hydrogen) atoms. The summed E-state index contributed by atoms with van der Waals surface area (Å²) < 4.78 is 0. The maximum absolute atomic E-state index is 11.5. The molecular weight excluding hydrogens is 168 g/mol. The van der Waals surface area contributed by atoms with E-state index in [1.54, 1.807) is 13.1 Å². The Labute approximate surface area is 76.5 Å². The van der Waals surface area contributed by atoms with Crippen LogP contribution >= 0.6 is 0 Å². The van der Waals surface area contributed by atoms with Gasteiger partial charge in [0, 0.05) is 18.4 Å². The molecule has 5 nitrogen and oxygen atoms in total. The van der Waals surface area contributed by atoms with Gasteiger partial charge in [0.25, 0.3) is 0 Å². The normalized spacial score (nSPS) is 15.3. The molecule has 0 fully saturated rings. The monoisotopic (exact) mass is 182 g/mol. The van der Waals surface area contributed by atoms with E-state index in [1.165, 1.54) is 6.33 Å². The van der Waals surface area contributed by atoms with E-state index in [0.717, 1.165) is 5.69 Å². The summed E-state index contributed by atoms with van der Waals surface area (Å²) >= 11 is 0. The Morgan fingerprint density at radius 1 is 1.77 bits per heavy atom. The van der Waals surface area contributed by atoms with E-state index >= 15 is 0 Å². The zero-order valence-corrected chi connectivity index (χ0v) is 7.53. The van der Waals surface area contributed by atoms with E-state index in [0.29, 0.717) is 0 Å². The van der Waals surface area contributed by atoms with Crippen LogP contribution in [0, 0.1) is 0 Å². The van der Waals surface area contributed by atoms with Crippen molar-refractivity contribution in [3.63, 3.8) is 0 Å². The average molecular weight is 182 g/mol. The predicted octanol–water partition coefficient (Wildman–Crippen LogP) is -0.632. The molecule has 1 heterocycles. The summed E-state index contributed by atoms with van der Waals surface area (Å²) in [6.07, 6.45) is 3.12. The van der Waals surface area contributed by atoms with Crippen molar-refractivity contribution in [1.82, 2.24) is 9.97 Å². The fourth-order valence-corrected chi connectivity index (χ4v) is 1.17. The molecule has 0 saturated heterocycles. The van der Waals surface area contributed by atoms with Gasteiger partial charge in [-0.2, -0.15) is 0 Å². The molecule has 72 valence electrons. The Hall–Kier alpha value is -1.20. The molecule has 0 amide bonds. The van der Waals surface area contributed by atoms with Crippen LogP contribution in [0.5, 0.6) is 0 Å². The van der Waals surface area contributed by atoms with Crippen LogP contribution in [0.1, 0.15) is 18.5 Å². The highest BCUT2D eigenvalue weighted by Gasteiger charge is 2.22. The molecule has 0 bridgehead atoms. The van der Waals surface area contributed by atoms with Crippen molar-refractivity contribution in [2.75, 3.05) is 6.54 Å². The fourth-order valence-electron chi connectivity index (χ4n) is 1.17. The summed E-state index contributed by atoms with van der Waals surface area (Å²) in [7, 11) is 0. The number of nitrogens with two attached hydrogens (primary N) is 2. The summed E-state index contributed by atoms with van der Waals surface area (Å²) in [6.45, 7) is 1.91. The summed E-state index contributed by atoms with van der Waals surface area (Å²) in [5.74, 6) is -0.422. The number of aromatic nitrogens is 2. The van der Waals surface area contributed by atoms with Crippen LogP contribution in [0.2, 0.25) is 0 Å². The number of Topliss-reactive ketones (excluding diaryl/α,β-unsaturated/α-hetero) is 1. The maximum atomic E-state index is 11.5. The minimum Gasteiger partial charge on any atom is -0.348 e. The number of hydrogen-bond donors (Lipinski definition) is 3. The van der Waals surface area contributed by atoms with Gasteiger partial charge in [0.1, 0.15) is 0 Å². The van der Waals surface area contributed by atoms with Gasteiger partial charge in [-0.1, -0.05) is 0 Å². The Bertz CT molecular complexity index is 268. The van der Waals surface area contributed by atoms with Gasteiger partial charge in [-0.05, 0) is 6.92 Å². The average Bonchev–Trinajstić information content (AvgIpc) is 2.58. The van der Waals surface area contributed by atoms with Crippen LogP contribution in [0.4, 0.5) is 0 Å². The van der Waals surface area contributed by atoms with Crippen LogP contribution in [0.3, 0.4) is 0 Å². The Morgan fingerprint density at radius 3 is 2.85 bits per heavy atom. The number of rotatable bonds is 4. The number of H-pyrrole nitrogens is 1. The van der Waals surface area contributed by atoms with Gasteiger partial charge in [-0.15, -0.1) is 0 Å². The largest absolute Gasteiger partial charge is 0.348 e. The van der Waals surface area contributed by atoms with Gasteiger partial charge in [0.2, 0.25) is 0 Å². The first kappa shape index (κ1) is 9.88. The minimum absolute atomic E-state index is 0.0632. The summed E-state index contributed by atoms with van der Waals surface area (Å²) in [4.78, 5) is 18.2. The summed E-state index contributed by atoms with van der Waals surface area (Å²) in [6, 6.07) is -0.489. The second-order valence-corrected chi connectivity index (χ2v) is 2.99. The van der Waals surface area contributed by atoms with Gasteiger partial charge >= 0.3 is 0 Å². The molecule has 0 aliphatic carbocycles. The van der Waals surface area contributed by atoms with E-state index < -0.39 is 6.04 Å². The standard InChI is InChI=1S/C8H14N4O/c1-5(10)8(13)6(2-9)7-3-11-4-12-7/h3-6H,2,9-10H2,1H3,(H,11,12)/t5-,6?/m0/s1. The third-order valence-corrected chi connectivity index (χ3v) is 1.92. The highest BCUT2D eigenvalue weighted by Crippen LogP contribution is 2.12. The second-order valence-electron chi connectivity index (χ2n) is 2.99. The lowest BCUT2D eigenvalue weighted by atomic mass is 9.97. The van der Waals surface area contributed by atoms with E-state index in [2.05, 4.69) is 9.97 Å². The molecule has 1 aromatic rings. The van der Waals surface area contributed by atoms with Crippen LogP contribution in [0.25, 0.3) is 0 Å². The van der Waals surface area contributed by atoms with Gasteiger partial charge in [-0.25, -0.2) is 4.98 Å². The lowest BCUT2D eigenvalue weighted by Gasteiger charge is -2.13. The van der Waals surface area contributed by atoms with Crippen LogP contribution < -0.4 is 11.5 Å². The molecule has 2 atom stereocenters. The van der Waals surface area contributed by atoms with Gasteiger partial charge in [0.05, 0.1) is 18.3 Å². The van der Waals surface area contributed by atoms with Crippen molar-refractivity contribution >= 4 is 5.78 Å². The van der Waals surface area contributed by atoms with Crippen molar-refractivity contribution in [2.45, 2.75) is 18.9 Å². The third kappa shape index (κ3) is 2.13. The van der Waals surface area contributed by atoms with Crippen molar-refractivity contribution in [3.05, 3.63) is 18.2 Å². The van der Waals surface area contributed by atoms with E-state index in [-0.39, 0.29) is 18.2 Å². The van der Waals surface area contributed by atoms with Crippen LogP contribution in [-0.4, -0.2) is 28.3 Å². The molecule has 0 saturated carbocycles. The topological polar surface area (TPSA) is 97.8 Å². The van der Waals surface area contributed by atoms with Crippen molar-refractivity contribution in [3.8, 4) is 0 Å². The van der Waals surface area contributed by atoms with E-state index in [4.69, 9.17) is 11.5 Å². The number of carbonyl (C=O) groups is 1. The van der Waals surface area contributed by atoms with Gasteiger partial charge in [-0.3, -0.25) is 4.79 Å². The molecule has 0 radical (unpaired) electrons. The maximum Gasteiger partial charge on any atom is 0.159 e. The SMILES string of the molecule is C[C@H](N)C(=O)C(CN)c1cnc[nH]1. The Kier molecular flexibility index (Phi) is 3.16. The molecule has 5 heteroatoms. The Morgan fingerprint density at radius 2 is 2.46 bits per heavy atom. The quantitative estimate of drug-likeness (QED) is 0.577. The van der Waals surface area contributed by atoms with E-state index in [9.17, 15) is 4.79 Å². The van der Waals surface area contributed by atoms with Gasteiger partial charge in [0.15, 0.2) is 5.78 Å². The molecule has 1 rings (SSSR count). The minimum atomic E-state index is -0.489. The molecule has 0 aromatic carbocycles.